The van der Waals surface area contributed by atoms with E-state index in [9.17, 15) is 4.79 Å². The van der Waals surface area contributed by atoms with Crippen molar-refractivity contribution in [2.24, 2.45) is 10.2 Å². The van der Waals surface area contributed by atoms with E-state index in [1.807, 2.05) is 0 Å². The molecule has 0 aliphatic heterocycles. The molecule has 0 unspecified atom stereocenters. The summed E-state index contributed by atoms with van der Waals surface area (Å²) in [6, 6.07) is 0. The van der Waals surface area contributed by atoms with Crippen LogP contribution in [-0.4, -0.2) is 18.9 Å². The number of hydrogen-bond acceptors (Lipinski definition) is 5. The SMILES string of the molecule is N=NCC(=O)CN=N. The van der Waals surface area contributed by atoms with Gasteiger partial charge >= 0.3 is 0 Å². The van der Waals surface area contributed by atoms with Crippen molar-refractivity contribution >= 4 is 5.78 Å². The molecule has 44 valence electrons. The molecule has 8 heavy (non-hydrogen) atoms. The monoisotopic (exact) mass is 114 g/mol. The largest absolute Gasteiger partial charge is 0.295 e. The third-order valence-electron chi connectivity index (χ3n) is 0.511. The number of carbonyl (C=O) groups is 1. The first-order valence-corrected chi connectivity index (χ1v) is 1.99. The zero-order valence-corrected chi connectivity index (χ0v) is 4.22. The van der Waals surface area contributed by atoms with Gasteiger partial charge < -0.3 is 0 Å². The summed E-state index contributed by atoms with van der Waals surface area (Å²) in [5.74, 6) is -0.296. The van der Waals surface area contributed by atoms with E-state index >= 15 is 0 Å². The zero-order valence-electron chi connectivity index (χ0n) is 4.22. The second kappa shape index (κ2) is 4.04. The van der Waals surface area contributed by atoms with Crippen molar-refractivity contribution in [1.82, 2.24) is 0 Å². The smallest absolute Gasteiger partial charge is 0.179 e. The molecule has 0 bridgehead atoms. The van der Waals surface area contributed by atoms with Gasteiger partial charge in [-0.15, -0.1) is 0 Å². The predicted octanol–water partition coefficient (Wildman–Crippen LogP) is 0.617. The van der Waals surface area contributed by atoms with Gasteiger partial charge in [-0.25, -0.2) is 11.1 Å². The van der Waals surface area contributed by atoms with E-state index in [-0.39, 0.29) is 18.9 Å². The van der Waals surface area contributed by atoms with E-state index in [1.165, 1.54) is 0 Å². The summed E-state index contributed by atoms with van der Waals surface area (Å²) >= 11 is 0. The molecule has 0 amide bonds. The second-order valence-electron chi connectivity index (χ2n) is 1.17. The summed E-state index contributed by atoms with van der Waals surface area (Å²) in [4.78, 5) is 10.2. The van der Waals surface area contributed by atoms with E-state index in [0.717, 1.165) is 0 Å². The second-order valence-corrected chi connectivity index (χ2v) is 1.17. The highest BCUT2D eigenvalue weighted by Crippen LogP contribution is 1.74. The van der Waals surface area contributed by atoms with Crippen LogP contribution >= 0.6 is 0 Å². The van der Waals surface area contributed by atoms with Gasteiger partial charge in [0.2, 0.25) is 0 Å². The van der Waals surface area contributed by atoms with E-state index in [4.69, 9.17) is 11.1 Å². The van der Waals surface area contributed by atoms with Crippen LogP contribution in [0.25, 0.3) is 0 Å². The van der Waals surface area contributed by atoms with Gasteiger partial charge in [0.05, 0.1) is 0 Å². The molecule has 5 heteroatoms. The fourth-order valence-corrected chi connectivity index (χ4v) is 0.226. The van der Waals surface area contributed by atoms with Gasteiger partial charge in [-0.2, -0.15) is 10.2 Å². The van der Waals surface area contributed by atoms with Crippen molar-refractivity contribution in [2.45, 2.75) is 0 Å². The van der Waals surface area contributed by atoms with Crippen LogP contribution in [0.5, 0.6) is 0 Å². The van der Waals surface area contributed by atoms with Crippen LogP contribution in [0.15, 0.2) is 10.2 Å². The Labute approximate surface area is 46.1 Å². The third-order valence-corrected chi connectivity index (χ3v) is 0.511. The fourth-order valence-electron chi connectivity index (χ4n) is 0.226. The molecule has 2 N–H and O–H groups in total. The average molecular weight is 114 g/mol. The molecule has 0 radical (unpaired) electrons. The normalized spacial score (nSPS) is 8.00. The van der Waals surface area contributed by atoms with Crippen molar-refractivity contribution in [2.75, 3.05) is 13.1 Å². The molecule has 0 fully saturated rings. The van der Waals surface area contributed by atoms with Crippen LogP contribution < -0.4 is 0 Å². The summed E-state index contributed by atoms with van der Waals surface area (Å²) < 4.78 is 0. The first-order chi connectivity index (χ1) is 3.81. The summed E-state index contributed by atoms with van der Waals surface area (Å²) in [6.07, 6.45) is 0. The Morgan fingerprint density at radius 2 is 1.62 bits per heavy atom. The quantitative estimate of drug-likeness (QED) is 0.515. The molecule has 5 nitrogen and oxygen atoms in total. The van der Waals surface area contributed by atoms with E-state index in [2.05, 4.69) is 10.2 Å². The van der Waals surface area contributed by atoms with Crippen LogP contribution in [-0.2, 0) is 4.79 Å². The number of rotatable bonds is 4. The topological polar surface area (TPSA) is 89.5 Å². The van der Waals surface area contributed by atoms with Crippen molar-refractivity contribution in [1.29, 1.82) is 11.1 Å². The minimum absolute atomic E-state index is 0.150. The molecule has 0 spiro atoms. The number of ketones is 1. The van der Waals surface area contributed by atoms with Crippen molar-refractivity contribution in [3.63, 3.8) is 0 Å². The molecule has 0 rings (SSSR count). The first-order valence-electron chi connectivity index (χ1n) is 1.99. The highest BCUT2D eigenvalue weighted by Gasteiger charge is 1.95. The Kier molecular flexibility index (Phi) is 3.47. The summed E-state index contributed by atoms with van der Waals surface area (Å²) in [6.45, 7) is -0.301. The average Bonchev–Trinajstić information content (AvgIpc) is 1.68. The Bertz CT molecular complexity index is 97.9. The fraction of sp³-hybridized carbons (Fsp3) is 0.667. The maximum Gasteiger partial charge on any atom is 0.179 e. The Morgan fingerprint density at radius 1 is 1.25 bits per heavy atom. The van der Waals surface area contributed by atoms with Gasteiger partial charge in [0.25, 0.3) is 0 Å². The Morgan fingerprint density at radius 3 is 1.88 bits per heavy atom. The van der Waals surface area contributed by atoms with E-state index in [1.54, 1.807) is 0 Å². The zero-order chi connectivity index (χ0) is 6.41. The molecule has 0 saturated carbocycles. The molecule has 0 aromatic carbocycles. The lowest BCUT2D eigenvalue weighted by Gasteiger charge is -1.82. The highest BCUT2D eigenvalue weighted by atomic mass is 16.1. The van der Waals surface area contributed by atoms with Crippen LogP contribution in [0.2, 0.25) is 0 Å². The molecule has 0 aromatic rings. The highest BCUT2D eigenvalue weighted by molar-refractivity contribution is 5.82. The number of nitrogens with zero attached hydrogens (tertiary/aromatic N) is 2. The van der Waals surface area contributed by atoms with Gasteiger partial charge in [0.15, 0.2) is 5.78 Å². The molecular formula is C3H6N4O. The molecule has 0 atom stereocenters. The van der Waals surface area contributed by atoms with E-state index in [0.29, 0.717) is 0 Å². The van der Waals surface area contributed by atoms with Crippen molar-refractivity contribution < 1.29 is 4.79 Å². The van der Waals surface area contributed by atoms with E-state index < -0.39 is 0 Å². The molecule has 0 saturated heterocycles. The molecule has 0 aliphatic rings. The van der Waals surface area contributed by atoms with Crippen LogP contribution in [0.1, 0.15) is 0 Å². The maximum atomic E-state index is 10.2. The van der Waals surface area contributed by atoms with Crippen LogP contribution in [0.4, 0.5) is 0 Å². The van der Waals surface area contributed by atoms with Gasteiger partial charge in [-0.05, 0) is 0 Å². The number of hydrogen-bond donors (Lipinski definition) is 2. The van der Waals surface area contributed by atoms with Crippen LogP contribution in [0.3, 0.4) is 0 Å². The standard InChI is InChI=1S/C3H6N4O/c4-6-1-3(8)2-7-5/h4-5H,1-2H2. The van der Waals surface area contributed by atoms with Crippen molar-refractivity contribution in [3.8, 4) is 0 Å². The van der Waals surface area contributed by atoms with Crippen molar-refractivity contribution in [3.05, 3.63) is 0 Å². The number of nitrogens with one attached hydrogen (secondary N) is 2. The van der Waals surface area contributed by atoms with Gasteiger partial charge in [-0.1, -0.05) is 0 Å². The number of Topliss-reactive ketones (excluding diaryl/α,β-unsaturated/α-hetero) is 1. The molecule has 0 aromatic heterocycles. The predicted molar refractivity (Wildman–Crippen MR) is 25.0 cm³/mol. The summed E-state index contributed by atoms with van der Waals surface area (Å²) in [5.41, 5.74) is 12.4. The van der Waals surface area contributed by atoms with Crippen LogP contribution in [0, 0.1) is 11.1 Å². The minimum Gasteiger partial charge on any atom is -0.295 e. The third kappa shape index (κ3) is 3.08. The lowest BCUT2D eigenvalue weighted by atomic mass is 10.4. The maximum absolute atomic E-state index is 10.2. The molecule has 0 heterocycles. The summed E-state index contributed by atoms with van der Waals surface area (Å²) in [5, 5.41) is 5.62. The Balaban J connectivity index is 3.32. The van der Waals surface area contributed by atoms with Gasteiger partial charge in [0, 0.05) is 0 Å². The molecule has 0 aliphatic carbocycles. The Hall–Kier alpha value is -1.13. The number of carbonyl (C=O) groups excluding carboxylic acids is 1. The van der Waals surface area contributed by atoms with Gasteiger partial charge in [-0.3, -0.25) is 4.79 Å². The van der Waals surface area contributed by atoms with Gasteiger partial charge in [0.1, 0.15) is 13.1 Å². The lowest BCUT2D eigenvalue weighted by molar-refractivity contribution is -0.116. The minimum atomic E-state index is -0.296. The molecular weight excluding hydrogens is 108 g/mol. The first kappa shape index (κ1) is 6.87. The summed E-state index contributed by atoms with van der Waals surface area (Å²) in [7, 11) is 0. The lowest BCUT2D eigenvalue weighted by Crippen LogP contribution is -2.04.